The van der Waals surface area contributed by atoms with Crippen molar-refractivity contribution in [2.75, 3.05) is 0 Å². The van der Waals surface area contributed by atoms with Crippen molar-refractivity contribution in [1.82, 2.24) is 5.43 Å². The maximum absolute atomic E-state index is 13.7. The summed E-state index contributed by atoms with van der Waals surface area (Å²) in [6.07, 6.45) is 0.987. The molecular weight excluding hydrogens is 239 g/mol. The highest BCUT2D eigenvalue weighted by Gasteiger charge is 2.33. The van der Waals surface area contributed by atoms with E-state index in [2.05, 4.69) is 17.6 Å². The molecule has 19 heavy (non-hydrogen) atoms. The predicted molar refractivity (Wildman–Crippen MR) is 74.1 cm³/mol. The average molecular weight is 256 g/mol. The number of nitrogens with two attached hydrogens (primary N) is 1. The van der Waals surface area contributed by atoms with Crippen LogP contribution in [0, 0.1) is 12.7 Å². The molecule has 0 radical (unpaired) electrons. The fourth-order valence-electron chi connectivity index (χ4n) is 2.84. The van der Waals surface area contributed by atoms with Crippen LogP contribution in [0.25, 0.3) is 0 Å². The lowest BCUT2D eigenvalue weighted by atomic mass is 9.72. The molecule has 2 atom stereocenters. The lowest BCUT2D eigenvalue weighted by molar-refractivity contribution is 0.417. The highest BCUT2D eigenvalue weighted by Crippen LogP contribution is 2.43. The molecule has 0 amide bonds. The first-order chi connectivity index (χ1) is 9.20. The largest absolute Gasteiger partial charge is 0.271 e. The number of rotatable bonds is 3. The molecular formula is C16H17FN2. The second-order valence-electron chi connectivity index (χ2n) is 5.16. The number of hydrogen-bond donors (Lipinski definition) is 2. The predicted octanol–water partition coefficient (Wildman–Crippen LogP) is 2.98. The molecule has 1 aliphatic carbocycles. The normalized spacial score (nSPS) is 18.6. The maximum Gasteiger partial charge on any atom is 0.126 e. The van der Waals surface area contributed by atoms with Gasteiger partial charge in [0.2, 0.25) is 0 Å². The molecule has 0 aliphatic heterocycles. The van der Waals surface area contributed by atoms with Gasteiger partial charge in [-0.2, -0.15) is 0 Å². The Morgan fingerprint density at radius 1 is 1.26 bits per heavy atom. The van der Waals surface area contributed by atoms with Gasteiger partial charge in [0, 0.05) is 5.92 Å². The van der Waals surface area contributed by atoms with E-state index in [1.54, 1.807) is 19.1 Å². The van der Waals surface area contributed by atoms with Gasteiger partial charge in [-0.05, 0) is 41.7 Å². The smallest absolute Gasteiger partial charge is 0.126 e. The summed E-state index contributed by atoms with van der Waals surface area (Å²) < 4.78 is 13.7. The maximum atomic E-state index is 13.7. The van der Waals surface area contributed by atoms with E-state index in [0.29, 0.717) is 11.5 Å². The molecule has 0 spiro atoms. The summed E-state index contributed by atoms with van der Waals surface area (Å²) in [6, 6.07) is 13.6. The minimum atomic E-state index is -0.176. The van der Waals surface area contributed by atoms with Gasteiger partial charge in [-0.3, -0.25) is 11.3 Å². The van der Waals surface area contributed by atoms with Crippen molar-refractivity contribution in [3.63, 3.8) is 0 Å². The van der Waals surface area contributed by atoms with E-state index in [0.717, 1.165) is 12.0 Å². The number of hydrazine groups is 1. The summed E-state index contributed by atoms with van der Waals surface area (Å²) in [5.41, 5.74) is 7.08. The third-order valence-corrected chi connectivity index (χ3v) is 4.03. The number of benzene rings is 2. The number of nitrogens with one attached hydrogen (secondary N) is 1. The van der Waals surface area contributed by atoms with Gasteiger partial charge in [-0.25, -0.2) is 4.39 Å². The fourth-order valence-corrected chi connectivity index (χ4v) is 2.84. The van der Waals surface area contributed by atoms with Crippen molar-refractivity contribution >= 4 is 0 Å². The van der Waals surface area contributed by atoms with Crippen LogP contribution in [0.3, 0.4) is 0 Å². The highest BCUT2D eigenvalue weighted by atomic mass is 19.1. The van der Waals surface area contributed by atoms with Crippen molar-refractivity contribution < 1.29 is 4.39 Å². The van der Waals surface area contributed by atoms with Gasteiger partial charge in [0.05, 0.1) is 6.04 Å². The van der Waals surface area contributed by atoms with Crippen LogP contribution in [-0.4, -0.2) is 0 Å². The van der Waals surface area contributed by atoms with Gasteiger partial charge >= 0.3 is 0 Å². The molecule has 0 bridgehead atoms. The standard InChI is InChI=1S/C16H17FN2/c1-10-6-7-12(9-15(10)17)16(19-18)14-8-11-4-2-3-5-13(11)14/h2-7,9,14,16,19H,8,18H2,1H3. The molecule has 3 heteroatoms. The first kappa shape index (κ1) is 12.3. The van der Waals surface area contributed by atoms with E-state index >= 15 is 0 Å². The Labute approximate surface area is 112 Å². The number of fused-ring (bicyclic) bond motifs is 1. The first-order valence-electron chi connectivity index (χ1n) is 6.50. The second kappa shape index (κ2) is 4.76. The van der Waals surface area contributed by atoms with Crippen LogP contribution in [0.1, 0.15) is 34.2 Å². The fraction of sp³-hybridized carbons (Fsp3) is 0.250. The van der Waals surface area contributed by atoms with E-state index < -0.39 is 0 Å². The van der Waals surface area contributed by atoms with Gasteiger partial charge in [-0.15, -0.1) is 0 Å². The zero-order chi connectivity index (χ0) is 13.4. The average Bonchev–Trinajstić information content (AvgIpc) is 2.39. The van der Waals surface area contributed by atoms with Gasteiger partial charge in [-0.1, -0.05) is 36.4 Å². The third kappa shape index (κ3) is 2.05. The molecule has 0 aromatic heterocycles. The summed E-state index contributed by atoms with van der Waals surface area (Å²) in [7, 11) is 0. The topological polar surface area (TPSA) is 38.0 Å². The minimum absolute atomic E-state index is 0.0370. The van der Waals surface area contributed by atoms with Crippen molar-refractivity contribution in [2.45, 2.75) is 25.3 Å². The van der Waals surface area contributed by atoms with Gasteiger partial charge in [0.25, 0.3) is 0 Å². The second-order valence-corrected chi connectivity index (χ2v) is 5.16. The molecule has 2 aromatic rings. The van der Waals surface area contributed by atoms with Crippen molar-refractivity contribution in [2.24, 2.45) is 5.84 Å². The van der Waals surface area contributed by atoms with E-state index in [-0.39, 0.29) is 11.9 Å². The zero-order valence-electron chi connectivity index (χ0n) is 10.9. The summed E-state index contributed by atoms with van der Waals surface area (Å²) >= 11 is 0. The Hall–Kier alpha value is -1.71. The van der Waals surface area contributed by atoms with E-state index in [1.807, 2.05) is 18.2 Å². The van der Waals surface area contributed by atoms with Crippen LogP contribution in [0.2, 0.25) is 0 Å². The molecule has 0 heterocycles. The molecule has 3 rings (SSSR count). The molecule has 2 aromatic carbocycles. The SMILES string of the molecule is Cc1ccc(C(NN)C2Cc3ccccc32)cc1F. The summed E-state index contributed by atoms with van der Waals surface area (Å²) in [6.45, 7) is 1.77. The van der Waals surface area contributed by atoms with Crippen LogP contribution in [0.5, 0.6) is 0 Å². The quantitative estimate of drug-likeness (QED) is 0.654. The molecule has 98 valence electrons. The van der Waals surface area contributed by atoms with E-state index in [4.69, 9.17) is 5.84 Å². The Kier molecular flexibility index (Phi) is 3.09. The Bertz CT molecular complexity index is 609. The van der Waals surface area contributed by atoms with Crippen molar-refractivity contribution in [1.29, 1.82) is 0 Å². The summed E-state index contributed by atoms with van der Waals surface area (Å²) in [4.78, 5) is 0. The number of halogens is 1. The number of hydrogen-bond acceptors (Lipinski definition) is 2. The number of aryl methyl sites for hydroxylation is 1. The molecule has 0 saturated heterocycles. The van der Waals surface area contributed by atoms with E-state index in [9.17, 15) is 4.39 Å². The molecule has 2 nitrogen and oxygen atoms in total. The third-order valence-electron chi connectivity index (χ3n) is 4.03. The molecule has 0 saturated carbocycles. The Morgan fingerprint density at radius 3 is 2.74 bits per heavy atom. The minimum Gasteiger partial charge on any atom is -0.271 e. The zero-order valence-corrected chi connectivity index (χ0v) is 10.9. The Morgan fingerprint density at radius 2 is 2.05 bits per heavy atom. The lowest BCUT2D eigenvalue weighted by Gasteiger charge is -2.36. The van der Waals surface area contributed by atoms with Crippen LogP contribution in [0.4, 0.5) is 4.39 Å². The van der Waals surface area contributed by atoms with E-state index in [1.165, 1.54) is 11.1 Å². The van der Waals surface area contributed by atoms with Crippen LogP contribution in [0.15, 0.2) is 42.5 Å². The molecule has 1 aliphatic rings. The molecule has 2 unspecified atom stereocenters. The summed E-state index contributed by atoms with van der Waals surface area (Å²) in [5, 5.41) is 0. The molecule has 0 fully saturated rings. The van der Waals surface area contributed by atoms with Crippen LogP contribution >= 0.6 is 0 Å². The van der Waals surface area contributed by atoms with Crippen molar-refractivity contribution in [3.8, 4) is 0 Å². The van der Waals surface area contributed by atoms with Crippen molar-refractivity contribution in [3.05, 3.63) is 70.5 Å². The van der Waals surface area contributed by atoms with Gasteiger partial charge < -0.3 is 0 Å². The highest BCUT2D eigenvalue weighted by molar-refractivity contribution is 5.43. The monoisotopic (exact) mass is 256 g/mol. The molecule has 3 N–H and O–H groups in total. The Balaban J connectivity index is 1.92. The van der Waals surface area contributed by atoms with Gasteiger partial charge in [0.15, 0.2) is 0 Å². The van der Waals surface area contributed by atoms with Gasteiger partial charge in [0.1, 0.15) is 5.82 Å². The van der Waals surface area contributed by atoms with Crippen LogP contribution < -0.4 is 11.3 Å². The first-order valence-corrected chi connectivity index (χ1v) is 6.50. The lowest BCUT2D eigenvalue weighted by Crippen LogP contribution is -2.37. The van der Waals surface area contributed by atoms with Crippen LogP contribution in [-0.2, 0) is 6.42 Å². The summed E-state index contributed by atoms with van der Waals surface area (Å²) in [5.74, 6) is 5.83.